The first-order valence-electron chi connectivity index (χ1n) is 5.90. The lowest BCUT2D eigenvalue weighted by Gasteiger charge is -2.29. The molecular formula is C11H13N5S. The van der Waals surface area contributed by atoms with Crippen LogP contribution in [0.15, 0.2) is 6.33 Å². The van der Waals surface area contributed by atoms with Crippen molar-refractivity contribution in [2.45, 2.75) is 31.3 Å². The number of rotatable bonds is 1. The van der Waals surface area contributed by atoms with Crippen molar-refractivity contribution in [2.75, 3.05) is 7.05 Å². The fourth-order valence-corrected chi connectivity index (χ4v) is 4.20. The van der Waals surface area contributed by atoms with Gasteiger partial charge >= 0.3 is 0 Å². The minimum absolute atomic E-state index is 0.581. The van der Waals surface area contributed by atoms with Crippen LogP contribution < -0.4 is 0 Å². The lowest BCUT2D eigenvalue weighted by atomic mass is 10.1. The van der Waals surface area contributed by atoms with E-state index in [0.29, 0.717) is 12.1 Å². The molecule has 1 saturated heterocycles. The van der Waals surface area contributed by atoms with Gasteiger partial charge in [-0.2, -0.15) is 5.10 Å². The van der Waals surface area contributed by atoms with E-state index in [0.717, 1.165) is 17.3 Å². The molecule has 2 aliphatic rings. The Kier molecular flexibility index (Phi) is 1.93. The summed E-state index contributed by atoms with van der Waals surface area (Å²) in [6.45, 7) is 0. The SMILES string of the molecule is CN1C2CCC1c1sc(-c3ncn[nH]3)nc1C2. The number of nitrogens with one attached hydrogen (secondary N) is 1. The van der Waals surface area contributed by atoms with Gasteiger partial charge in [0.15, 0.2) is 10.8 Å². The fraction of sp³-hybridized carbons (Fsp3) is 0.545. The smallest absolute Gasteiger partial charge is 0.184 e. The number of likely N-dealkylation sites (N-methyl/N-ethyl adjacent to an activating group) is 1. The molecule has 17 heavy (non-hydrogen) atoms. The van der Waals surface area contributed by atoms with Gasteiger partial charge in [-0.05, 0) is 19.9 Å². The van der Waals surface area contributed by atoms with Crippen LogP contribution >= 0.6 is 11.3 Å². The van der Waals surface area contributed by atoms with Crippen LogP contribution in [-0.2, 0) is 6.42 Å². The first-order valence-corrected chi connectivity index (χ1v) is 6.72. The normalized spacial score (nSPS) is 27.4. The molecule has 0 amide bonds. The molecule has 0 radical (unpaired) electrons. The molecule has 1 N–H and O–H groups in total. The van der Waals surface area contributed by atoms with Gasteiger partial charge in [0.2, 0.25) is 0 Å². The zero-order chi connectivity index (χ0) is 11.4. The maximum Gasteiger partial charge on any atom is 0.184 e. The molecule has 0 saturated carbocycles. The second-order valence-electron chi connectivity index (χ2n) is 4.78. The summed E-state index contributed by atoms with van der Waals surface area (Å²) in [6.07, 6.45) is 5.20. The zero-order valence-electron chi connectivity index (χ0n) is 9.55. The molecule has 1 fully saturated rings. The van der Waals surface area contributed by atoms with Crippen molar-refractivity contribution in [3.05, 3.63) is 16.9 Å². The summed E-state index contributed by atoms with van der Waals surface area (Å²) in [5.41, 5.74) is 1.28. The highest BCUT2D eigenvalue weighted by molar-refractivity contribution is 7.15. The molecule has 2 aromatic rings. The fourth-order valence-electron chi connectivity index (χ4n) is 2.98. The van der Waals surface area contributed by atoms with E-state index in [-0.39, 0.29) is 0 Å². The first-order chi connectivity index (χ1) is 8.33. The van der Waals surface area contributed by atoms with E-state index < -0.39 is 0 Å². The molecule has 4 heterocycles. The Morgan fingerprint density at radius 1 is 1.47 bits per heavy atom. The summed E-state index contributed by atoms with van der Waals surface area (Å²) >= 11 is 1.77. The number of thiazole rings is 1. The third kappa shape index (κ3) is 1.31. The Morgan fingerprint density at radius 3 is 3.24 bits per heavy atom. The topological polar surface area (TPSA) is 57.7 Å². The van der Waals surface area contributed by atoms with Gasteiger partial charge in [0.25, 0.3) is 0 Å². The monoisotopic (exact) mass is 247 g/mol. The van der Waals surface area contributed by atoms with E-state index in [2.05, 4.69) is 27.1 Å². The highest BCUT2D eigenvalue weighted by atomic mass is 32.1. The van der Waals surface area contributed by atoms with Gasteiger partial charge in [-0.3, -0.25) is 10.00 Å². The standard InChI is InChI=1S/C11H13N5S/c1-16-6-2-3-8(16)9-7(4-6)14-11(17-9)10-12-5-13-15-10/h5-6,8H,2-4H2,1H3,(H,12,13,15). The minimum Gasteiger partial charge on any atom is -0.295 e. The van der Waals surface area contributed by atoms with E-state index in [1.807, 2.05) is 0 Å². The number of hydrogen-bond donors (Lipinski definition) is 1. The third-order valence-electron chi connectivity index (χ3n) is 3.92. The molecular weight excluding hydrogens is 234 g/mol. The number of hydrogen-bond acceptors (Lipinski definition) is 5. The largest absolute Gasteiger partial charge is 0.295 e. The van der Waals surface area contributed by atoms with Crippen molar-refractivity contribution in [3.63, 3.8) is 0 Å². The Labute approximate surface area is 103 Å². The quantitative estimate of drug-likeness (QED) is 0.832. The van der Waals surface area contributed by atoms with Crippen LogP contribution in [0.4, 0.5) is 0 Å². The lowest BCUT2D eigenvalue weighted by molar-refractivity contribution is 0.226. The van der Waals surface area contributed by atoms with Gasteiger partial charge in [-0.1, -0.05) is 0 Å². The highest BCUT2D eigenvalue weighted by Gasteiger charge is 2.39. The van der Waals surface area contributed by atoms with E-state index in [1.165, 1.54) is 29.7 Å². The van der Waals surface area contributed by atoms with E-state index in [1.54, 1.807) is 11.3 Å². The van der Waals surface area contributed by atoms with Crippen molar-refractivity contribution in [1.29, 1.82) is 0 Å². The number of fused-ring (bicyclic) bond motifs is 4. The van der Waals surface area contributed by atoms with Gasteiger partial charge in [0.05, 0.1) is 5.69 Å². The van der Waals surface area contributed by atoms with E-state index in [4.69, 9.17) is 4.98 Å². The predicted molar refractivity (Wildman–Crippen MR) is 64.7 cm³/mol. The summed E-state index contributed by atoms with van der Waals surface area (Å²) in [6, 6.07) is 1.27. The van der Waals surface area contributed by atoms with Gasteiger partial charge in [0, 0.05) is 23.4 Å². The Balaban J connectivity index is 1.81. The summed E-state index contributed by atoms with van der Waals surface area (Å²) < 4.78 is 0. The third-order valence-corrected chi connectivity index (χ3v) is 5.12. The molecule has 2 bridgehead atoms. The average molecular weight is 247 g/mol. The second-order valence-corrected chi connectivity index (χ2v) is 5.81. The Morgan fingerprint density at radius 2 is 2.41 bits per heavy atom. The van der Waals surface area contributed by atoms with Crippen molar-refractivity contribution in [2.24, 2.45) is 0 Å². The molecule has 2 atom stereocenters. The molecule has 4 rings (SSSR count). The van der Waals surface area contributed by atoms with Gasteiger partial charge < -0.3 is 0 Å². The molecule has 2 unspecified atom stereocenters. The van der Waals surface area contributed by atoms with Crippen LogP contribution in [0.3, 0.4) is 0 Å². The van der Waals surface area contributed by atoms with Crippen molar-refractivity contribution in [1.82, 2.24) is 25.1 Å². The first kappa shape index (κ1) is 9.73. The van der Waals surface area contributed by atoms with Gasteiger partial charge in [-0.25, -0.2) is 9.97 Å². The summed E-state index contributed by atoms with van der Waals surface area (Å²) in [7, 11) is 2.24. The number of H-pyrrole nitrogens is 1. The van der Waals surface area contributed by atoms with Crippen molar-refractivity contribution in [3.8, 4) is 10.8 Å². The number of nitrogens with zero attached hydrogens (tertiary/aromatic N) is 4. The molecule has 2 aliphatic heterocycles. The van der Waals surface area contributed by atoms with Crippen LogP contribution in [0.1, 0.15) is 29.5 Å². The number of aromatic nitrogens is 4. The zero-order valence-corrected chi connectivity index (χ0v) is 10.4. The van der Waals surface area contributed by atoms with Crippen molar-refractivity contribution >= 4 is 11.3 Å². The molecule has 0 aliphatic carbocycles. The highest BCUT2D eigenvalue weighted by Crippen LogP contribution is 2.45. The summed E-state index contributed by atoms with van der Waals surface area (Å²) in [5, 5.41) is 7.76. The molecule has 0 spiro atoms. The summed E-state index contributed by atoms with van der Waals surface area (Å²) in [4.78, 5) is 12.8. The van der Waals surface area contributed by atoms with E-state index >= 15 is 0 Å². The number of aromatic amines is 1. The maximum atomic E-state index is 4.73. The van der Waals surface area contributed by atoms with Crippen molar-refractivity contribution < 1.29 is 0 Å². The minimum atomic E-state index is 0.581. The van der Waals surface area contributed by atoms with Gasteiger partial charge in [0.1, 0.15) is 6.33 Å². The van der Waals surface area contributed by atoms with E-state index in [9.17, 15) is 0 Å². The van der Waals surface area contributed by atoms with Gasteiger partial charge in [-0.15, -0.1) is 11.3 Å². The molecule has 2 aromatic heterocycles. The van der Waals surface area contributed by atoms with Crippen LogP contribution in [0, 0.1) is 0 Å². The maximum absolute atomic E-state index is 4.73. The van der Waals surface area contributed by atoms with Crippen LogP contribution in [-0.4, -0.2) is 38.2 Å². The molecule has 5 nitrogen and oxygen atoms in total. The molecule has 0 aromatic carbocycles. The van der Waals surface area contributed by atoms with Crippen LogP contribution in [0.5, 0.6) is 0 Å². The van der Waals surface area contributed by atoms with Crippen LogP contribution in [0.25, 0.3) is 10.8 Å². The van der Waals surface area contributed by atoms with Crippen LogP contribution in [0.2, 0.25) is 0 Å². The predicted octanol–water partition coefficient (Wildman–Crippen LogP) is 1.62. The average Bonchev–Trinajstić information content (AvgIpc) is 3.00. The summed E-state index contributed by atoms with van der Waals surface area (Å²) in [5.74, 6) is 0.794. The molecule has 88 valence electrons. The second kappa shape index (κ2) is 3.36. The molecule has 6 heteroatoms. The Hall–Kier alpha value is -1.27. The lowest BCUT2D eigenvalue weighted by Crippen LogP contribution is -2.33. The Bertz CT molecular complexity index is 546.